The van der Waals surface area contributed by atoms with Crippen molar-refractivity contribution in [2.45, 2.75) is 0 Å². The monoisotopic (exact) mass is 276 g/mol. The second kappa shape index (κ2) is 5.48. The quantitative estimate of drug-likeness (QED) is 0.773. The summed E-state index contributed by atoms with van der Waals surface area (Å²) in [6.45, 7) is 0. The lowest BCUT2D eigenvalue weighted by Gasteiger charge is -2.05. The molecule has 1 N–H and O–H groups in total. The van der Waals surface area contributed by atoms with E-state index in [0.29, 0.717) is 0 Å². The van der Waals surface area contributed by atoms with Gasteiger partial charge in [0, 0.05) is 17.0 Å². The highest BCUT2D eigenvalue weighted by atomic mass is 35.5. The van der Waals surface area contributed by atoms with Crippen molar-refractivity contribution in [1.29, 1.82) is 0 Å². The number of rotatable bonds is 2. The smallest absolute Gasteiger partial charge is 0.231 e. The van der Waals surface area contributed by atoms with Crippen molar-refractivity contribution in [3.05, 3.63) is 52.7 Å². The average Bonchev–Trinajstić information content (AvgIpc) is 2.96. The second-order valence-electron chi connectivity index (χ2n) is 3.99. The molecule has 92 valence electrons. The van der Waals surface area contributed by atoms with Gasteiger partial charge < -0.3 is 12.4 Å². The van der Waals surface area contributed by atoms with Gasteiger partial charge in [-0.15, -0.1) is 11.3 Å². The number of halogens is 1. The molecule has 0 radical (unpaired) electrons. The van der Waals surface area contributed by atoms with E-state index in [4.69, 9.17) is 0 Å². The normalized spacial score (nSPS) is 17.4. The van der Waals surface area contributed by atoms with Crippen molar-refractivity contribution < 1.29 is 17.3 Å². The largest absolute Gasteiger partial charge is 1.00 e. The summed E-state index contributed by atoms with van der Waals surface area (Å²) in [5.41, 5.74) is 2.33. The fraction of sp³-hybridized carbons (Fsp3) is 0.0714. The molecule has 1 aliphatic rings. The third-order valence-corrected chi connectivity index (χ3v) is 3.72. The van der Waals surface area contributed by atoms with Gasteiger partial charge in [0.25, 0.3) is 0 Å². The van der Waals surface area contributed by atoms with Crippen LogP contribution in [0.5, 0.6) is 0 Å². The molecule has 0 fully saturated rings. The number of quaternary nitrogens is 1. The zero-order valence-corrected chi connectivity index (χ0v) is 11.5. The van der Waals surface area contributed by atoms with Gasteiger partial charge in [0.05, 0.1) is 7.05 Å². The van der Waals surface area contributed by atoms with Gasteiger partial charge in [0.1, 0.15) is 5.69 Å². The standard InChI is InChI=1S/C14H12N2S.ClH/c1-16-13-7-3-2-6-12(13)15-14(16)9-8-11-5-4-10-17-11;/h2-10H,1H3;1H/b9-8+;. The van der Waals surface area contributed by atoms with Crippen LogP contribution in [0.1, 0.15) is 4.88 Å². The molecule has 1 atom stereocenters. The Morgan fingerprint density at radius 2 is 1.94 bits per heavy atom. The number of amidine groups is 1. The molecule has 2 aromatic rings. The number of benzene rings is 1. The first-order valence-corrected chi connectivity index (χ1v) is 6.46. The molecule has 4 heteroatoms. The summed E-state index contributed by atoms with van der Waals surface area (Å²) < 4.78 is 0. The second-order valence-corrected chi connectivity index (χ2v) is 4.97. The number of fused-ring (bicyclic) bond motifs is 1. The molecule has 0 saturated carbocycles. The fourth-order valence-corrected chi connectivity index (χ4v) is 2.57. The Morgan fingerprint density at radius 1 is 1.11 bits per heavy atom. The molecular weight excluding hydrogens is 264 g/mol. The van der Waals surface area contributed by atoms with Crippen molar-refractivity contribution in [2.24, 2.45) is 4.99 Å². The summed E-state index contributed by atoms with van der Waals surface area (Å²) in [7, 11) is 2.13. The van der Waals surface area contributed by atoms with Crippen molar-refractivity contribution in [1.82, 2.24) is 0 Å². The average molecular weight is 277 g/mol. The minimum absolute atomic E-state index is 0. The molecule has 0 spiro atoms. The number of hydrogen-bond donors (Lipinski definition) is 1. The van der Waals surface area contributed by atoms with Crippen LogP contribution in [-0.2, 0) is 0 Å². The van der Waals surface area contributed by atoms with Crippen LogP contribution < -0.4 is 17.3 Å². The van der Waals surface area contributed by atoms with E-state index >= 15 is 0 Å². The molecule has 3 rings (SSSR count). The summed E-state index contributed by atoms with van der Waals surface area (Å²) in [5.74, 6) is 1.07. The molecule has 1 aromatic carbocycles. The summed E-state index contributed by atoms with van der Waals surface area (Å²) >= 11 is 1.74. The van der Waals surface area contributed by atoms with E-state index in [1.165, 1.54) is 15.5 Å². The van der Waals surface area contributed by atoms with E-state index < -0.39 is 0 Å². The Morgan fingerprint density at radius 3 is 2.67 bits per heavy atom. The first kappa shape index (κ1) is 13.0. The molecule has 0 bridgehead atoms. The number of likely N-dealkylation sites (N-methyl/N-ethyl adjacent to an activating group) is 1. The minimum atomic E-state index is 0. The van der Waals surface area contributed by atoms with Crippen LogP contribution in [0.2, 0.25) is 0 Å². The first-order chi connectivity index (χ1) is 8.34. The van der Waals surface area contributed by atoms with Crippen LogP contribution in [0, 0.1) is 0 Å². The highest BCUT2D eigenvalue weighted by Crippen LogP contribution is 2.24. The summed E-state index contributed by atoms with van der Waals surface area (Å²) in [5, 5.41) is 2.08. The summed E-state index contributed by atoms with van der Waals surface area (Å²) in [6.07, 6.45) is 4.22. The maximum Gasteiger partial charge on any atom is 0.231 e. The van der Waals surface area contributed by atoms with E-state index in [1.54, 1.807) is 11.3 Å². The Balaban J connectivity index is 0.00000120. The lowest BCUT2D eigenvalue weighted by Crippen LogP contribution is -3.05. The lowest BCUT2D eigenvalue weighted by atomic mass is 10.3. The highest BCUT2D eigenvalue weighted by molar-refractivity contribution is 7.10. The van der Waals surface area contributed by atoms with Gasteiger partial charge in [0.2, 0.25) is 5.84 Å². The number of para-hydroxylation sites is 2. The van der Waals surface area contributed by atoms with Gasteiger partial charge in [-0.1, -0.05) is 18.2 Å². The Labute approximate surface area is 117 Å². The Hall–Kier alpha value is -1.42. The molecule has 1 aromatic heterocycles. The minimum Gasteiger partial charge on any atom is -1.00 e. The van der Waals surface area contributed by atoms with E-state index in [2.05, 4.69) is 59.9 Å². The van der Waals surface area contributed by atoms with Crippen LogP contribution in [0.4, 0.5) is 11.4 Å². The molecule has 2 heterocycles. The van der Waals surface area contributed by atoms with Gasteiger partial charge in [-0.3, -0.25) is 4.90 Å². The van der Waals surface area contributed by atoms with Crippen molar-refractivity contribution in [2.75, 3.05) is 7.05 Å². The van der Waals surface area contributed by atoms with Crippen LogP contribution in [0.25, 0.3) is 6.08 Å². The van der Waals surface area contributed by atoms with Crippen molar-refractivity contribution in [3.8, 4) is 0 Å². The number of thiophene rings is 1. The zero-order valence-electron chi connectivity index (χ0n) is 9.93. The van der Waals surface area contributed by atoms with E-state index in [1.807, 2.05) is 6.07 Å². The number of hydrogen-bond acceptors (Lipinski definition) is 2. The van der Waals surface area contributed by atoms with E-state index in [-0.39, 0.29) is 12.4 Å². The zero-order chi connectivity index (χ0) is 11.7. The third-order valence-electron chi connectivity index (χ3n) is 2.88. The number of aliphatic imine (C=N–C) groups is 1. The lowest BCUT2D eigenvalue weighted by molar-refractivity contribution is -0.700. The van der Waals surface area contributed by atoms with Crippen LogP contribution >= 0.6 is 11.3 Å². The molecule has 18 heavy (non-hydrogen) atoms. The first-order valence-electron chi connectivity index (χ1n) is 5.58. The fourth-order valence-electron chi connectivity index (χ4n) is 1.95. The van der Waals surface area contributed by atoms with Crippen LogP contribution in [0.15, 0.2) is 52.8 Å². The maximum absolute atomic E-state index is 4.63. The molecule has 0 amide bonds. The molecule has 0 aliphatic carbocycles. The maximum atomic E-state index is 4.63. The van der Waals surface area contributed by atoms with Gasteiger partial charge in [-0.25, -0.2) is 0 Å². The molecule has 0 saturated heterocycles. The summed E-state index contributed by atoms with van der Waals surface area (Å²) in [6, 6.07) is 12.4. The van der Waals surface area contributed by atoms with Crippen molar-refractivity contribution >= 4 is 34.6 Å². The number of nitrogens with zero attached hydrogens (tertiary/aromatic N) is 1. The predicted molar refractivity (Wildman–Crippen MR) is 73.4 cm³/mol. The van der Waals surface area contributed by atoms with Gasteiger partial charge >= 0.3 is 0 Å². The molecule has 2 nitrogen and oxygen atoms in total. The van der Waals surface area contributed by atoms with Crippen molar-refractivity contribution in [3.63, 3.8) is 0 Å². The summed E-state index contributed by atoms with van der Waals surface area (Å²) in [4.78, 5) is 7.15. The van der Waals surface area contributed by atoms with Gasteiger partial charge in [-0.05, 0) is 23.6 Å². The Kier molecular flexibility index (Phi) is 3.97. The molecular formula is C14H13ClN2S. The predicted octanol–water partition coefficient (Wildman–Crippen LogP) is -0.345. The SMILES string of the molecule is C[NH+]1C(/C=C/c2cccs2)=Nc2ccccc21.[Cl-]. The Bertz CT molecular complexity index is 588. The van der Waals surface area contributed by atoms with Gasteiger partial charge in [-0.2, -0.15) is 4.99 Å². The van der Waals surface area contributed by atoms with Crippen LogP contribution in [0.3, 0.4) is 0 Å². The molecule has 1 unspecified atom stereocenters. The van der Waals surface area contributed by atoms with Crippen LogP contribution in [-0.4, -0.2) is 12.9 Å². The van der Waals surface area contributed by atoms with E-state index in [9.17, 15) is 0 Å². The molecule has 1 aliphatic heterocycles. The van der Waals surface area contributed by atoms with Gasteiger partial charge in [0.15, 0.2) is 5.69 Å². The third kappa shape index (κ3) is 2.38. The topological polar surface area (TPSA) is 16.8 Å². The number of nitrogens with one attached hydrogen (secondary N) is 1. The highest BCUT2D eigenvalue weighted by Gasteiger charge is 2.23. The van der Waals surface area contributed by atoms with E-state index in [0.717, 1.165) is 11.5 Å².